The van der Waals surface area contributed by atoms with Crippen molar-refractivity contribution in [2.45, 2.75) is 33.6 Å². The smallest absolute Gasteiger partial charge is 0.155 e. The summed E-state index contributed by atoms with van der Waals surface area (Å²) in [5.74, 6) is 0. The zero-order valence-corrected chi connectivity index (χ0v) is 8.54. The van der Waals surface area contributed by atoms with Crippen LogP contribution in [0.15, 0.2) is 28.6 Å². The lowest BCUT2D eigenvalue weighted by atomic mass is 10.1. The summed E-state index contributed by atoms with van der Waals surface area (Å²) >= 11 is 0. The molecule has 0 saturated heterocycles. The van der Waals surface area contributed by atoms with Crippen LogP contribution in [-0.2, 0) is 4.84 Å². The van der Waals surface area contributed by atoms with Crippen molar-refractivity contribution in [3.63, 3.8) is 0 Å². The summed E-state index contributed by atoms with van der Waals surface area (Å²) in [5.41, 5.74) is 2.56. The number of hydrogen-bond acceptors (Lipinski definition) is 3. The molecule has 74 valence electrons. The fourth-order valence-corrected chi connectivity index (χ4v) is 0.901. The fraction of sp³-hybridized carbons (Fsp3) is 0.600. The van der Waals surface area contributed by atoms with E-state index in [2.05, 4.69) is 30.1 Å². The summed E-state index contributed by atoms with van der Waals surface area (Å²) in [5, 5.41) is 2.31. The van der Waals surface area contributed by atoms with E-state index in [-0.39, 0.29) is 6.61 Å². The van der Waals surface area contributed by atoms with Gasteiger partial charge in [-0.2, -0.15) is 0 Å². The van der Waals surface area contributed by atoms with E-state index in [1.807, 2.05) is 13.0 Å². The summed E-state index contributed by atoms with van der Waals surface area (Å²) in [6, 6.07) is 0. The van der Waals surface area contributed by atoms with E-state index >= 15 is 0 Å². The number of hydrogen-bond donors (Lipinski definition) is 0. The summed E-state index contributed by atoms with van der Waals surface area (Å²) < 4.78 is 0. The monoisotopic (exact) mass is 183 g/mol. The number of allylic oxidation sites excluding steroid dienone is 3. The zero-order chi connectivity index (χ0) is 10.1. The minimum Gasteiger partial charge on any atom is -0.360 e. The molecule has 0 aromatic heterocycles. The zero-order valence-electron chi connectivity index (χ0n) is 8.54. The van der Waals surface area contributed by atoms with E-state index in [1.54, 1.807) is 0 Å². The average Bonchev–Trinajstić information content (AvgIpc) is 2.04. The van der Waals surface area contributed by atoms with Crippen molar-refractivity contribution in [1.82, 2.24) is 0 Å². The summed E-state index contributed by atoms with van der Waals surface area (Å²) in [4.78, 5) is 13.9. The molecule has 0 heterocycles. The Morgan fingerprint density at radius 2 is 2.00 bits per heavy atom. The quantitative estimate of drug-likeness (QED) is 0.274. The second-order valence-electron chi connectivity index (χ2n) is 3.24. The van der Waals surface area contributed by atoms with Crippen LogP contribution in [0.1, 0.15) is 33.6 Å². The summed E-state index contributed by atoms with van der Waals surface area (Å²) in [6.45, 7) is 6.47. The standard InChI is InChI=1S/C10H17NO2/c1-9(2)5-4-6-10(3)7-8-13-11-12/h5,7H,4,6,8H2,1-3H3/b10-7+. The third-order valence-electron chi connectivity index (χ3n) is 1.65. The van der Waals surface area contributed by atoms with E-state index in [0.717, 1.165) is 12.8 Å². The van der Waals surface area contributed by atoms with Crippen LogP contribution in [0.3, 0.4) is 0 Å². The molecule has 0 fully saturated rings. The van der Waals surface area contributed by atoms with Crippen LogP contribution in [0.5, 0.6) is 0 Å². The lowest BCUT2D eigenvalue weighted by Gasteiger charge is -1.97. The molecule has 3 heteroatoms. The van der Waals surface area contributed by atoms with Gasteiger partial charge >= 0.3 is 0 Å². The Morgan fingerprint density at radius 3 is 2.54 bits per heavy atom. The fourth-order valence-electron chi connectivity index (χ4n) is 0.901. The lowest BCUT2D eigenvalue weighted by molar-refractivity contribution is 0.169. The van der Waals surface area contributed by atoms with Gasteiger partial charge in [-0.05, 0) is 39.7 Å². The molecule has 13 heavy (non-hydrogen) atoms. The van der Waals surface area contributed by atoms with Crippen LogP contribution in [0, 0.1) is 4.91 Å². The van der Waals surface area contributed by atoms with Crippen LogP contribution in [0.4, 0.5) is 0 Å². The number of rotatable bonds is 6. The minimum absolute atomic E-state index is 0.282. The Bertz CT molecular complexity index is 203. The third-order valence-corrected chi connectivity index (χ3v) is 1.65. The van der Waals surface area contributed by atoms with Crippen LogP contribution in [0.2, 0.25) is 0 Å². The Kier molecular flexibility index (Phi) is 6.88. The highest BCUT2D eigenvalue weighted by atomic mass is 16.7. The Labute approximate surface area is 79.4 Å². The second-order valence-corrected chi connectivity index (χ2v) is 3.24. The highest BCUT2D eigenvalue weighted by Gasteiger charge is 1.88. The van der Waals surface area contributed by atoms with Crippen LogP contribution in [0.25, 0.3) is 0 Å². The first-order valence-electron chi connectivity index (χ1n) is 4.40. The van der Waals surface area contributed by atoms with Crippen molar-refractivity contribution in [2.75, 3.05) is 6.61 Å². The van der Waals surface area contributed by atoms with Crippen molar-refractivity contribution < 1.29 is 4.84 Å². The van der Waals surface area contributed by atoms with Crippen molar-refractivity contribution >= 4 is 0 Å². The normalized spacial score (nSPS) is 10.8. The van der Waals surface area contributed by atoms with E-state index in [4.69, 9.17) is 0 Å². The van der Waals surface area contributed by atoms with Gasteiger partial charge in [-0.25, -0.2) is 0 Å². The molecule has 0 bridgehead atoms. The molecular weight excluding hydrogens is 166 g/mol. The lowest BCUT2D eigenvalue weighted by Crippen LogP contribution is -1.84. The maximum absolute atomic E-state index is 9.58. The topological polar surface area (TPSA) is 38.7 Å². The van der Waals surface area contributed by atoms with Gasteiger partial charge in [-0.3, -0.25) is 0 Å². The van der Waals surface area contributed by atoms with Gasteiger partial charge in [-0.15, -0.1) is 4.91 Å². The van der Waals surface area contributed by atoms with Gasteiger partial charge in [0.25, 0.3) is 0 Å². The third kappa shape index (κ3) is 8.79. The Hall–Kier alpha value is -1.12. The highest BCUT2D eigenvalue weighted by Crippen LogP contribution is 2.06. The molecule has 0 saturated carbocycles. The first-order valence-corrected chi connectivity index (χ1v) is 4.40. The summed E-state index contributed by atoms with van der Waals surface area (Å²) in [6.07, 6.45) is 6.11. The Morgan fingerprint density at radius 1 is 1.31 bits per heavy atom. The maximum atomic E-state index is 9.58. The largest absolute Gasteiger partial charge is 0.360 e. The van der Waals surface area contributed by atoms with Gasteiger partial charge in [0, 0.05) is 0 Å². The first kappa shape index (κ1) is 11.9. The molecule has 0 unspecified atom stereocenters. The molecule has 0 amide bonds. The SMILES string of the molecule is CC(C)=CCC/C(C)=C/CON=O. The molecule has 0 aliphatic rings. The summed E-state index contributed by atoms with van der Waals surface area (Å²) in [7, 11) is 0. The molecule has 0 N–H and O–H groups in total. The van der Waals surface area contributed by atoms with E-state index in [0.29, 0.717) is 0 Å². The van der Waals surface area contributed by atoms with Crippen LogP contribution < -0.4 is 0 Å². The van der Waals surface area contributed by atoms with Gasteiger partial charge in [0.15, 0.2) is 5.34 Å². The van der Waals surface area contributed by atoms with Crippen molar-refractivity contribution in [3.8, 4) is 0 Å². The molecule has 0 aliphatic heterocycles. The molecule has 0 aromatic rings. The van der Waals surface area contributed by atoms with Crippen molar-refractivity contribution in [2.24, 2.45) is 5.34 Å². The van der Waals surface area contributed by atoms with Gasteiger partial charge in [0.2, 0.25) is 0 Å². The Balaban J connectivity index is 3.60. The van der Waals surface area contributed by atoms with Gasteiger partial charge < -0.3 is 4.84 Å². The van der Waals surface area contributed by atoms with Crippen LogP contribution in [-0.4, -0.2) is 6.61 Å². The molecule has 0 atom stereocenters. The average molecular weight is 183 g/mol. The van der Waals surface area contributed by atoms with Gasteiger partial charge in [-0.1, -0.05) is 17.2 Å². The molecule has 0 spiro atoms. The van der Waals surface area contributed by atoms with Gasteiger partial charge in [0.1, 0.15) is 6.61 Å². The molecule has 0 aromatic carbocycles. The van der Waals surface area contributed by atoms with E-state index in [9.17, 15) is 4.91 Å². The predicted molar refractivity (Wildman–Crippen MR) is 54.2 cm³/mol. The van der Waals surface area contributed by atoms with E-state index in [1.165, 1.54) is 11.1 Å². The maximum Gasteiger partial charge on any atom is 0.155 e. The molecule has 3 nitrogen and oxygen atoms in total. The second kappa shape index (κ2) is 7.53. The number of nitrogens with zero attached hydrogens (tertiary/aromatic N) is 1. The molecule has 0 radical (unpaired) electrons. The van der Waals surface area contributed by atoms with Crippen LogP contribution >= 0.6 is 0 Å². The van der Waals surface area contributed by atoms with E-state index < -0.39 is 0 Å². The minimum atomic E-state index is 0.282. The first-order chi connectivity index (χ1) is 6.16. The molecule has 0 rings (SSSR count). The van der Waals surface area contributed by atoms with Crippen molar-refractivity contribution in [3.05, 3.63) is 28.2 Å². The van der Waals surface area contributed by atoms with Gasteiger partial charge in [0.05, 0.1) is 0 Å². The predicted octanol–water partition coefficient (Wildman–Crippen LogP) is 3.38. The molecule has 0 aliphatic carbocycles. The highest BCUT2D eigenvalue weighted by molar-refractivity contribution is 5.02. The molecular formula is C10H17NO2. The van der Waals surface area contributed by atoms with Crippen molar-refractivity contribution in [1.29, 1.82) is 0 Å².